The fourth-order valence-corrected chi connectivity index (χ4v) is 1.23. The van der Waals surface area contributed by atoms with Crippen molar-refractivity contribution in [2.24, 2.45) is 0 Å². The summed E-state index contributed by atoms with van der Waals surface area (Å²) < 4.78 is 0. The predicted octanol–water partition coefficient (Wildman–Crippen LogP) is 1.85. The Bertz CT molecular complexity index is 356. The van der Waals surface area contributed by atoms with Gasteiger partial charge in [0.25, 0.3) is 0 Å². The number of para-hydroxylation sites is 1. The normalized spacial score (nSPS) is 11.1. The predicted molar refractivity (Wildman–Crippen MR) is 57.4 cm³/mol. The second-order valence-corrected chi connectivity index (χ2v) is 3.10. The highest BCUT2D eigenvalue weighted by atomic mass is 16.3. The first-order valence-corrected chi connectivity index (χ1v) is 4.28. The molecule has 1 N–H and O–H groups in total. The van der Waals surface area contributed by atoms with Gasteiger partial charge in [0.1, 0.15) is 12.0 Å². The Balaban J connectivity index is 3.19. The molecule has 0 aliphatic rings. The largest absolute Gasteiger partial charge is 0.507 e. The van der Waals surface area contributed by atoms with Gasteiger partial charge in [0.2, 0.25) is 0 Å². The highest BCUT2D eigenvalue weighted by Gasteiger charge is 2.06. The molecule has 0 aliphatic carbocycles. The summed E-state index contributed by atoms with van der Waals surface area (Å²) in [5.41, 5.74) is 1.53. The van der Waals surface area contributed by atoms with Crippen LogP contribution in [0, 0.1) is 0 Å². The SMILES string of the molecule is CN(C)c1ccccc1/C(O)=C\C=O. The lowest BCUT2D eigenvalue weighted by Crippen LogP contribution is -2.10. The van der Waals surface area contributed by atoms with Crippen LogP contribution in [-0.2, 0) is 4.79 Å². The van der Waals surface area contributed by atoms with E-state index in [1.54, 1.807) is 6.07 Å². The molecule has 1 aromatic rings. The van der Waals surface area contributed by atoms with Crippen molar-refractivity contribution in [1.29, 1.82) is 0 Å². The van der Waals surface area contributed by atoms with Gasteiger partial charge >= 0.3 is 0 Å². The van der Waals surface area contributed by atoms with E-state index in [9.17, 15) is 9.90 Å². The molecule has 0 aliphatic heterocycles. The summed E-state index contributed by atoms with van der Waals surface area (Å²) in [7, 11) is 3.76. The number of allylic oxidation sites excluding steroid dienone is 1. The first-order valence-electron chi connectivity index (χ1n) is 4.28. The van der Waals surface area contributed by atoms with Crippen LogP contribution >= 0.6 is 0 Å². The van der Waals surface area contributed by atoms with Crippen LogP contribution in [0.4, 0.5) is 5.69 Å². The standard InChI is InChI=1S/C11H13NO2/c1-12(2)10-6-4-3-5-9(10)11(14)7-8-13/h3-8,14H,1-2H3/b11-7+. The quantitative estimate of drug-likeness (QED) is 0.450. The zero-order chi connectivity index (χ0) is 10.6. The number of carbonyl (C=O) groups excluding carboxylic acids is 1. The Kier molecular flexibility index (Phi) is 3.29. The molecule has 14 heavy (non-hydrogen) atoms. The van der Waals surface area contributed by atoms with E-state index in [1.165, 1.54) is 0 Å². The van der Waals surface area contributed by atoms with Crippen LogP contribution in [0.25, 0.3) is 5.76 Å². The summed E-state index contributed by atoms with van der Waals surface area (Å²) in [5, 5.41) is 9.55. The Morgan fingerprint density at radius 2 is 2.00 bits per heavy atom. The maximum absolute atomic E-state index is 10.2. The van der Waals surface area contributed by atoms with Crippen molar-refractivity contribution in [2.45, 2.75) is 0 Å². The minimum atomic E-state index is -0.00991. The van der Waals surface area contributed by atoms with Crippen LogP contribution in [0.3, 0.4) is 0 Å². The summed E-state index contributed by atoms with van der Waals surface area (Å²) in [6, 6.07) is 7.35. The maximum atomic E-state index is 10.2. The minimum Gasteiger partial charge on any atom is -0.507 e. The van der Waals surface area contributed by atoms with Gasteiger partial charge in [-0.25, -0.2) is 0 Å². The molecular formula is C11H13NO2. The van der Waals surface area contributed by atoms with E-state index in [1.807, 2.05) is 37.2 Å². The van der Waals surface area contributed by atoms with Crippen molar-refractivity contribution < 1.29 is 9.90 Å². The topological polar surface area (TPSA) is 40.5 Å². The van der Waals surface area contributed by atoms with Gasteiger partial charge in [-0.15, -0.1) is 0 Å². The third-order valence-electron chi connectivity index (χ3n) is 1.89. The Morgan fingerprint density at radius 3 is 2.57 bits per heavy atom. The molecule has 0 saturated heterocycles. The molecular weight excluding hydrogens is 178 g/mol. The van der Waals surface area contributed by atoms with E-state index in [0.717, 1.165) is 11.8 Å². The number of hydrogen-bond acceptors (Lipinski definition) is 3. The van der Waals surface area contributed by atoms with Crippen molar-refractivity contribution in [3.8, 4) is 0 Å². The number of rotatable bonds is 3. The lowest BCUT2D eigenvalue weighted by molar-refractivity contribution is -0.104. The first kappa shape index (κ1) is 10.3. The van der Waals surface area contributed by atoms with E-state index in [4.69, 9.17) is 0 Å². The molecule has 3 nitrogen and oxygen atoms in total. The number of aliphatic hydroxyl groups excluding tert-OH is 1. The molecule has 0 fully saturated rings. The summed E-state index contributed by atoms with van der Waals surface area (Å²) >= 11 is 0. The number of anilines is 1. The monoisotopic (exact) mass is 191 g/mol. The van der Waals surface area contributed by atoms with Crippen LogP contribution in [0.2, 0.25) is 0 Å². The van der Waals surface area contributed by atoms with Crippen LogP contribution in [0.5, 0.6) is 0 Å². The van der Waals surface area contributed by atoms with Gasteiger partial charge in [-0.2, -0.15) is 0 Å². The van der Waals surface area contributed by atoms with Crippen molar-refractivity contribution in [1.82, 2.24) is 0 Å². The highest BCUT2D eigenvalue weighted by Crippen LogP contribution is 2.23. The summed E-state index contributed by atoms with van der Waals surface area (Å²) in [5.74, 6) is -0.00991. The van der Waals surface area contributed by atoms with Gasteiger partial charge in [0, 0.05) is 31.4 Å². The van der Waals surface area contributed by atoms with Crippen LogP contribution in [-0.4, -0.2) is 25.5 Å². The number of benzene rings is 1. The zero-order valence-electron chi connectivity index (χ0n) is 8.27. The average molecular weight is 191 g/mol. The molecule has 0 spiro atoms. The van der Waals surface area contributed by atoms with Gasteiger partial charge in [-0.05, 0) is 12.1 Å². The van der Waals surface area contributed by atoms with Gasteiger partial charge in [-0.3, -0.25) is 4.79 Å². The van der Waals surface area contributed by atoms with Crippen molar-refractivity contribution in [3.05, 3.63) is 35.9 Å². The number of aliphatic hydroxyl groups is 1. The van der Waals surface area contributed by atoms with Gasteiger partial charge < -0.3 is 10.0 Å². The molecule has 0 bridgehead atoms. The van der Waals surface area contributed by atoms with E-state index >= 15 is 0 Å². The van der Waals surface area contributed by atoms with Crippen molar-refractivity contribution >= 4 is 17.7 Å². The summed E-state index contributed by atoms with van der Waals surface area (Å²) in [4.78, 5) is 12.1. The maximum Gasteiger partial charge on any atom is 0.146 e. The first-order chi connectivity index (χ1) is 6.66. The molecule has 3 heteroatoms. The molecule has 0 aromatic heterocycles. The highest BCUT2D eigenvalue weighted by molar-refractivity contribution is 5.82. The third kappa shape index (κ3) is 2.13. The van der Waals surface area contributed by atoms with E-state index in [-0.39, 0.29) is 5.76 Å². The molecule has 0 heterocycles. The number of carbonyl (C=O) groups is 1. The van der Waals surface area contributed by atoms with Crippen LogP contribution in [0.1, 0.15) is 5.56 Å². The average Bonchev–Trinajstić information content (AvgIpc) is 2.18. The number of nitrogens with zero attached hydrogens (tertiary/aromatic N) is 1. The Hall–Kier alpha value is -1.77. The zero-order valence-corrected chi connectivity index (χ0v) is 8.27. The fourth-order valence-electron chi connectivity index (χ4n) is 1.23. The molecule has 0 amide bonds. The third-order valence-corrected chi connectivity index (χ3v) is 1.89. The van der Waals surface area contributed by atoms with Gasteiger partial charge in [-0.1, -0.05) is 12.1 Å². The number of aldehydes is 1. The second-order valence-electron chi connectivity index (χ2n) is 3.10. The molecule has 1 aromatic carbocycles. The van der Waals surface area contributed by atoms with Crippen LogP contribution in [0.15, 0.2) is 30.3 Å². The molecule has 74 valence electrons. The van der Waals surface area contributed by atoms with E-state index in [2.05, 4.69) is 0 Å². The summed E-state index contributed by atoms with van der Waals surface area (Å²) in [6.07, 6.45) is 1.71. The molecule has 0 saturated carbocycles. The smallest absolute Gasteiger partial charge is 0.146 e. The number of hydrogen-bond donors (Lipinski definition) is 1. The minimum absolute atomic E-state index is 0.00991. The summed E-state index contributed by atoms with van der Waals surface area (Å²) in [6.45, 7) is 0. The van der Waals surface area contributed by atoms with Gasteiger partial charge in [0.05, 0.1) is 0 Å². The van der Waals surface area contributed by atoms with Crippen molar-refractivity contribution in [2.75, 3.05) is 19.0 Å². The lowest BCUT2D eigenvalue weighted by Gasteiger charge is -2.16. The van der Waals surface area contributed by atoms with E-state index in [0.29, 0.717) is 11.8 Å². The van der Waals surface area contributed by atoms with E-state index < -0.39 is 0 Å². The lowest BCUT2D eigenvalue weighted by atomic mass is 10.1. The van der Waals surface area contributed by atoms with Crippen LogP contribution < -0.4 is 4.90 Å². The second kappa shape index (κ2) is 4.46. The Morgan fingerprint density at radius 1 is 1.36 bits per heavy atom. The van der Waals surface area contributed by atoms with Crippen molar-refractivity contribution in [3.63, 3.8) is 0 Å². The Labute approximate surface area is 83.3 Å². The molecule has 0 unspecified atom stereocenters. The molecule has 0 atom stereocenters. The molecule has 0 radical (unpaired) electrons. The fraction of sp³-hybridized carbons (Fsp3) is 0.182. The van der Waals surface area contributed by atoms with Gasteiger partial charge in [0.15, 0.2) is 0 Å². The molecule has 1 rings (SSSR count).